The highest BCUT2D eigenvalue weighted by Gasteiger charge is 2.07. The molecule has 0 amide bonds. The van der Waals surface area contributed by atoms with E-state index in [9.17, 15) is 0 Å². The molecule has 0 saturated carbocycles. The molecule has 106 valence electrons. The van der Waals surface area contributed by atoms with Crippen molar-refractivity contribution < 1.29 is 0 Å². The highest BCUT2D eigenvalue weighted by atomic mass is 15.2. The fourth-order valence-corrected chi connectivity index (χ4v) is 1.98. The zero-order valence-corrected chi connectivity index (χ0v) is 12.5. The van der Waals surface area contributed by atoms with E-state index in [1.54, 1.807) is 0 Å². The largest absolute Gasteiger partial charge is 0.360 e. The summed E-state index contributed by atoms with van der Waals surface area (Å²) in [6, 6.07) is 4.65. The number of hydrogen-bond donors (Lipinski definition) is 1. The average Bonchev–Trinajstić information content (AvgIpc) is 2.45. The van der Waals surface area contributed by atoms with Gasteiger partial charge in [0.15, 0.2) is 0 Å². The molecule has 1 aromatic heterocycles. The van der Waals surface area contributed by atoms with Crippen LogP contribution in [0.5, 0.6) is 0 Å². The minimum atomic E-state index is 0.378. The van der Waals surface area contributed by atoms with Gasteiger partial charge in [-0.25, -0.2) is 4.98 Å². The second kappa shape index (κ2) is 8.70. The first-order chi connectivity index (χ1) is 9.19. The Hall–Kier alpha value is -1.35. The summed E-state index contributed by atoms with van der Waals surface area (Å²) in [6.07, 6.45) is 7.20. The van der Waals surface area contributed by atoms with Crippen molar-refractivity contribution >= 4 is 5.82 Å². The first-order valence-corrected chi connectivity index (χ1v) is 7.20. The lowest BCUT2D eigenvalue weighted by Crippen LogP contribution is -2.22. The van der Waals surface area contributed by atoms with Crippen molar-refractivity contribution in [3.8, 4) is 0 Å². The van der Waals surface area contributed by atoms with Crippen molar-refractivity contribution in [1.29, 1.82) is 0 Å². The first-order valence-electron chi connectivity index (χ1n) is 7.20. The van der Waals surface area contributed by atoms with Gasteiger partial charge in [-0.15, -0.1) is 6.58 Å². The fraction of sp³-hybridized carbons (Fsp3) is 0.562. The van der Waals surface area contributed by atoms with E-state index < -0.39 is 0 Å². The predicted molar refractivity (Wildman–Crippen MR) is 83.6 cm³/mol. The van der Waals surface area contributed by atoms with Crippen LogP contribution in [0.1, 0.15) is 44.7 Å². The zero-order chi connectivity index (χ0) is 14.1. The Bertz CT molecular complexity index is 376. The van der Waals surface area contributed by atoms with Crippen molar-refractivity contribution in [1.82, 2.24) is 10.3 Å². The third-order valence-electron chi connectivity index (χ3n) is 3.26. The van der Waals surface area contributed by atoms with Crippen molar-refractivity contribution in [3.05, 3.63) is 36.5 Å². The maximum Gasteiger partial charge on any atom is 0.128 e. The molecule has 0 aliphatic rings. The monoisotopic (exact) mass is 261 g/mol. The van der Waals surface area contributed by atoms with Crippen LogP contribution >= 0.6 is 0 Å². The van der Waals surface area contributed by atoms with Gasteiger partial charge in [-0.05, 0) is 50.4 Å². The molecule has 1 unspecified atom stereocenters. The van der Waals surface area contributed by atoms with E-state index in [1.165, 1.54) is 5.56 Å². The Morgan fingerprint density at radius 3 is 3.00 bits per heavy atom. The van der Waals surface area contributed by atoms with E-state index in [4.69, 9.17) is 0 Å². The van der Waals surface area contributed by atoms with Crippen LogP contribution in [-0.4, -0.2) is 25.1 Å². The molecular formula is C16H27N3. The smallest absolute Gasteiger partial charge is 0.128 e. The number of nitrogens with zero attached hydrogens (tertiary/aromatic N) is 2. The molecular weight excluding hydrogens is 234 g/mol. The minimum absolute atomic E-state index is 0.378. The van der Waals surface area contributed by atoms with Gasteiger partial charge in [-0.3, -0.25) is 0 Å². The number of pyridine rings is 1. The normalized spacial score (nSPS) is 12.2. The van der Waals surface area contributed by atoms with Crippen LogP contribution in [0.15, 0.2) is 31.0 Å². The number of anilines is 1. The van der Waals surface area contributed by atoms with Gasteiger partial charge >= 0.3 is 0 Å². The maximum absolute atomic E-state index is 4.45. The molecule has 1 aromatic rings. The van der Waals surface area contributed by atoms with E-state index in [1.807, 2.05) is 12.3 Å². The molecule has 0 fully saturated rings. The van der Waals surface area contributed by atoms with Crippen LogP contribution in [0.2, 0.25) is 0 Å². The molecule has 19 heavy (non-hydrogen) atoms. The van der Waals surface area contributed by atoms with Crippen LogP contribution in [-0.2, 0) is 0 Å². The number of aromatic nitrogens is 1. The minimum Gasteiger partial charge on any atom is -0.360 e. The van der Waals surface area contributed by atoms with E-state index in [0.29, 0.717) is 6.04 Å². The molecule has 0 spiro atoms. The van der Waals surface area contributed by atoms with E-state index in [2.05, 4.69) is 54.8 Å². The highest BCUT2D eigenvalue weighted by molar-refractivity contribution is 5.40. The van der Waals surface area contributed by atoms with Crippen molar-refractivity contribution in [2.45, 2.75) is 39.2 Å². The molecule has 1 heterocycles. The van der Waals surface area contributed by atoms with Gasteiger partial charge in [0.25, 0.3) is 0 Å². The molecule has 1 atom stereocenters. The topological polar surface area (TPSA) is 28.2 Å². The Balaban J connectivity index is 2.62. The number of rotatable bonds is 9. The van der Waals surface area contributed by atoms with Crippen molar-refractivity contribution in [2.75, 3.05) is 25.0 Å². The van der Waals surface area contributed by atoms with E-state index in [0.717, 1.165) is 38.2 Å². The molecule has 3 heteroatoms. The first kappa shape index (κ1) is 15.7. The van der Waals surface area contributed by atoms with Crippen LogP contribution in [0, 0.1) is 0 Å². The lowest BCUT2D eigenvalue weighted by Gasteiger charge is -2.20. The summed E-state index contributed by atoms with van der Waals surface area (Å²) >= 11 is 0. The molecule has 0 saturated heterocycles. The molecule has 0 aromatic carbocycles. The number of hydrogen-bond acceptors (Lipinski definition) is 3. The second-order valence-corrected chi connectivity index (χ2v) is 4.98. The fourth-order valence-electron chi connectivity index (χ4n) is 1.98. The summed E-state index contributed by atoms with van der Waals surface area (Å²) < 4.78 is 0. The Morgan fingerprint density at radius 1 is 1.53 bits per heavy atom. The molecule has 3 nitrogen and oxygen atoms in total. The molecule has 1 N–H and O–H groups in total. The Labute approximate surface area is 117 Å². The lowest BCUT2D eigenvalue weighted by atomic mass is 10.1. The number of unbranched alkanes of at least 4 members (excludes halogenated alkanes) is 1. The third-order valence-corrected chi connectivity index (χ3v) is 3.26. The van der Waals surface area contributed by atoms with Gasteiger partial charge < -0.3 is 10.2 Å². The Kier molecular flexibility index (Phi) is 7.19. The van der Waals surface area contributed by atoms with Crippen molar-refractivity contribution in [2.24, 2.45) is 0 Å². The molecule has 0 radical (unpaired) electrons. The van der Waals surface area contributed by atoms with Gasteiger partial charge in [0.05, 0.1) is 0 Å². The summed E-state index contributed by atoms with van der Waals surface area (Å²) in [6.45, 7) is 10.2. The van der Waals surface area contributed by atoms with Gasteiger partial charge in [0, 0.05) is 25.8 Å². The summed E-state index contributed by atoms with van der Waals surface area (Å²) in [5.41, 5.74) is 1.30. The van der Waals surface area contributed by atoms with Crippen molar-refractivity contribution in [3.63, 3.8) is 0 Å². The third kappa shape index (κ3) is 5.43. The quantitative estimate of drug-likeness (QED) is 0.544. The summed E-state index contributed by atoms with van der Waals surface area (Å²) in [5, 5.41) is 3.51. The van der Waals surface area contributed by atoms with E-state index >= 15 is 0 Å². The standard InChI is InChI=1S/C16H27N3/c1-5-7-8-12-19(4)16-13-15(9-11-18-16)14(3)17-10-6-2/h5,9,11,13-14,17H,1,6-8,10,12H2,2-4H3. The van der Waals surface area contributed by atoms with Crippen LogP contribution in [0.4, 0.5) is 5.82 Å². The number of allylic oxidation sites excluding steroid dienone is 1. The zero-order valence-electron chi connectivity index (χ0n) is 12.5. The van der Waals surface area contributed by atoms with Crippen LogP contribution < -0.4 is 10.2 Å². The summed E-state index contributed by atoms with van der Waals surface area (Å²) in [4.78, 5) is 6.66. The Morgan fingerprint density at radius 2 is 2.32 bits per heavy atom. The lowest BCUT2D eigenvalue weighted by molar-refractivity contribution is 0.570. The van der Waals surface area contributed by atoms with Crippen LogP contribution in [0.3, 0.4) is 0 Å². The van der Waals surface area contributed by atoms with Gasteiger partial charge in [0.1, 0.15) is 5.82 Å². The summed E-state index contributed by atoms with van der Waals surface area (Å²) in [7, 11) is 2.10. The molecule has 0 aliphatic heterocycles. The molecule has 0 bridgehead atoms. The molecule has 0 aliphatic carbocycles. The van der Waals surface area contributed by atoms with Gasteiger partial charge in [-0.2, -0.15) is 0 Å². The SMILES string of the molecule is C=CCCCN(C)c1cc(C(C)NCCC)ccn1. The van der Waals surface area contributed by atoms with Gasteiger partial charge in [-0.1, -0.05) is 13.0 Å². The highest BCUT2D eigenvalue weighted by Crippen LogP contribution is 2.17. The van der Waals surface area contributed by atoms with Gasteiger partial charge in [0.2, 0.25) is 0 Å². The summed E-state index contributed by atoms with van der Waals surface area (Å²) in [5.74, 6) is 1.05. The number of nitrogens with one attached hydrogen (secondary N) is 1. The second-order valence-electron chi connectivity index (χ2n) is 4.98. The predicted octanol–water partition coefficient (Wildman–Crippen LogP) is 3.54. The molecule has 1 rings (SSSR count). The average molecular weight is 261 g/mol. The van der Waals surface area contributed by atoms with E-state index in [-0.39, 0.29) is 0 Å². The maximum atomic E-state index is 4.45. The van der Waals surface area contributed by atoms with Crippen LogP contribution in [0.25, 0.3) is 0 Å².